The molecule has 0 aliphatic carbocycles. The molecule has 108 valence electrons. The number of rotatable bonds is 6. The van der Waals surface area contributed by atoms with Crippen LogP contribution >= 0.6 is 0 Å². The van der Waals surface area contributed by atoms with Crippen molar-refractivity contribution in [3.05, 3.63) is 64.9 Å². The van der Waals surface area contributed by atoms with Crippen LogP contribution in [0.5, 0.6) is 5.75 Å². The SMILES string of the molecule is C=CN(Cc1ccc(OC)cc1)c1nc[nH]c(=O)c1C=O. The molecule has 0 amide bonds. The van der Waals surface area contributed by atoms with Crippen molar-refractivity contribution in [1.29, 1.82) is 0 Å². The molecule has 6 nitrogen and oxygen atoms in total. The third-order valence-electron chi connectivity index (χ3n) is 2.99. The second-order valence-corrected chi connectivity index (χ2v) is 4.25. The monoisotopic (exact) mass is 285 g/mol. The maximum Gasteiger partial charge on any atom is 0.263 e. The lowest BCUT2D eigenvalue weighted by Gasteiger charge is -2.20. The van der Waals surface area contributed by atoms with Gasteiger partial charge in [-0.1, -0.05) is 18.7 Å². The van der Waals surface area contributed by atoms with Gasteiger partial charge in [0.25, 0.3) is 5.56 Å². The number of carbonyl (C=O) groups excluding carboxylic acids is 1. The van der Waals surface area contributed by atoms with E-state index in [1.165, 1.54) is 12.5 Å². The molecule has 2 rings (SSSR count). The molecular weight excluding hydrogens is 270 g/mol. The molecule has 0 spiro atoms. The fourth-order valence-electron chi connectivity index (χ4n) is 1.89. The van der Waals surface area contributed by atoms with Crippen molar-refractivity contribution in [3.63, 3.8) is 0 Å². The summed E-state index contributed by atoms with van der Waals surface area (Å²) in [7, 11) is 1.60. The molecule has 1 aromatic carbocycles. The van der Waals surface area contributed by atoms with Gasteiger partial charge >= 0.3 is 0 Å². The van der Waals surface area contributed by atoms with Gasteiger partial charge in [-0.25, -0.2) is 4.98 Å². The Balaban J connectivity index is 2.31. The number of carbonyl (C=O) groups is 1. The molecule has 0 saturated heterocycles. The fourth-order valence-corrected chi connectivity index (χ4v) is 1.89. The number of nitrogens with zero attached hydrogens (tertiary/aromatic N) is 2. The van der Waals surface area contributed by atoms with Crippen molar-refractivity contribution in [2.45, 2.75) is 6.54 Å². The molecule has 0 radical (unpaired) electrons. The second kappa shape index (κ2) is 6.51. The van der Waals surface area contributed by atoms with Gasteiger partial charge in [0.05, 0.1) is 13.4 Å². The molecule has 1 aromatic heterocycles. The number of aldehydes is 1. The molecule has 2 aromatic rings. The van der Waals surface area contributed by atoms with Crippen LogP contribution in [0.1, 0.15) is 15.9 Å². The number of ether oxygens (including phenoxy) is 1. The highest BCUT2D eigenvalue weighted by atomic mass is 16.5. The average Bonchev–Trinajstić information content (AvgIpc) is 2.53. The van der Waals surface area contributed by atoms with Gasteiger partial charge in [-0.15, -0.1) is 0 Å². The first-order chi connectivity index (χ1) is 10.2. The fraction of sp³-hybridized carbons (Fsp3) is 0.133. The van der Waals surface area contributed by atoms with E-state index in [4.69, 9.17) is 4.74 Å². The molecule has 1 N–H and O–H groups in total. The summed E-state index contributed by atoms with van der Waals surface area (Å²) in [6.07, 6.45) is 3.28. The van der Waals surface area contributed by atoms with Crippen LogP contribution in [0.25, 0.3) is 0 Å². The van der Waals surface area contributed by atoms with Gasteiger partial charge < -0.3 is 14.6 Å². The van der Waals surface area contributed by atoms with E-state index in [1.807, 2.05) is 24.3 Å². The van der Waals surface area contributed by atoms with Crippen molar-refractivity contribution in [2.24, 2.45) is 0 Å². The Labute approximate surface area is 121 Å². The van der Waals surface area contributed by atoms with E-state index in [0.717, 1.165) is 11.3 Å². The largest absolute Gasteiger partial charge is 0.497 e. The van der Waals surface area contributed by atoms with E-state index in [1.54, 1.807) is 12.0 Å². The maximum atomic E-state index is 11.6. The standard InChI is InChI=1S/C15H15N3O3/c1-3-18(8-11-4-6-12(21-2)7-5-11)14-13(9-19)15(20)17-10-16-14/h3-7,9-10H,1,8H2,2H3,(H,16,17,20). The first-order valence-corrected chi connectivity index (χ1v) is 6.24. The van der Waals surface area contributed by atoms with E-state index in [-0.39, 0.29) is 11.4 Å². The first-order valence-electron chi connectivity index (χ1n) is 6.24. The molecule has 0 saturated carbocycles. The number of methoxy groups -OCH3 is 1. The molecule has 6 heteroatoms. The summed E-state index contributed by atoms with van der Waals surface area (Å²) in [6, 6.07) is 7.46. The molecule has 0 unspecified atom stereocenters. The number of nitrogens with one attached hydrogen (secondary N) is 1. The Morgan fingerprint density at radius 3 is 2.67 bits per heavy atom. The summed E-state index contributed by atoms with van der Waals surface area (Å²) < 4.78 is 5.10. The van der Waals surface area contributed by atoms with Crippen molar-refractivity contribution in [1.82, 2.24) is 9.97 Å². The van der Waals surface area contributed by atoms with Crippen LogP contribution in [0.3, 0.4) is 0 Å². The van der Waals surface area contributed by atoms with Gasteiger partial charge in [-0.3, -0.25) is 9.59 Å². The van der Waals surface area contributed by atoms with Gasteiger partial charge in [0.2, 0.25) is 0 Å². The predicted octanol–water partition coefficient (Wildman–Crippen LogP) is 1.74. The van der Waals surface area contributed by atoms with E-state index in [2.05, 4.69) is 16.5 Å². The van der Waals surface area contributed by atoms with Gasteiger partial charge in [-0.05, 0) is 23.9 Å². The average molecular weight is 285 g/mol. The minimum absolute atomic E-state index is 0.0223. The lowest BCUT2D eigenvalue weighted by Crippen LogP contribution is -2.23. The third-order valence-corrected chi connectivity index (χ3v) is 2.99. The summed E-state index contributed by atoms with van der Waals surface area (Å²) >= 11 is 0. The van der Waals surface area contributed by atoms with Crippen molar-refractivity contribution in [3.8, 4) is 5.75 Å². The van der Waals surface area contributed by atoms with Crippen LogP contribution in [-0.4, -0.2) is 23.4 Å². The van der Waals surface area contributed by atoms with Crippen LogP contribution in [0, 0.1) is 0 Å². The van der Waals surface area contributed by atoms with E-state index < -0.39 is 5.56 Å². The summed E-state index contributed by atoms with van der Waals surface area (Å²) in [6.45, 7) is 4.14. The van der Waals surface area contributed by atoms with E-state index in [9.17, 15) is 9.59 Å². The van der Waals surface area contributed by atoms with Crippen LogP contribution in [0.4, 0.5) is 5.82 Å². The molecule has 0 aliphatic heterocycles. The van der Waals surface area contributed by atoms with Crippen molar-refractivity contribution >= 4 is 12.1 Å². The normalized spacial score (nSPS) is 9.95. The van der Waals surface area contributed by atoms with E-state index >= 15 is 0 Å². The zero-order valence-corrected chi connectivity index (χ0v) is 11.6. The number of H-pyrrole nitrogens is 1. The zero-order chi connectivity index (χ0) is 15.2. The maximum absolute atomic E-state index is 11.6. The minimum atomic E-state index is -0.475. The van der Waals surface area contributed by atoms with Crippen LogP contribution < -0.4 is 15.2 Å². The topological polar surface area (TPSA) is 75.3 Å². The summed E-state index contributed by atoms with van der Waals surface area (Å²) in [5, 5.41) is 0. The summed E-state index contributed by atoms with van der Waals surface area (Å²) in [4.78, 5) is 30.8. The lowest BCUT2D eigenvalue weighted by atomic mass is 10.2. The van der Waals surface area contributed by atoms with Crippen LogP contribution in [-0.2, 0) is 6.54 Å². The van der Waals surface area contributed by atoms with Gasteiger partial charge in [-0.2, -0.15) is 0 Å². The predicted molar refractivity (Wildman–Crippen MR) is 79.6 cm³/mol. The number of hydrogen-bond donors (Lipinski definition) is 1. The van der Waals surface area contributed by atoms with Gasteiger partial charge in [0.1, 0.15) is 11.3 Å². The Kier molecular flexibility index (Phi) is 4.50. The zero-order valence-electron chi connectivity index (χ0n) is 11.6. The summed E-state index contributed by atoms with van der Waals surface area (Å²) in [5.41, 5.74) is 0.470. The van der Waals surface area contributed by atoms with Crippen LogP contribution in [0.15, 0.2) is 48.2 Å². The second-order valence-electron chi connectivity index (χ2n) is 4.25. The van der Waals surface area contributed by atoms with Crippen molar-refractivity contribution in [2.75, 3.05) is 12.0 Å². The molecule has 0 aliphatic rings. The Morgan fingerprint density at radius 2 is 2.10 bits per heavy atom. The Morgan fingerprint density at radius 1 is 1.38 bits per heavy atom. The first kappa shape index (κ1) is 14.5. The Hall–Kier alpha value is -2.89. The smallest absolute Gasteiger partial charge is 0.263 e. The number of benzene rings is 1. The number of anilines is 1. The van der Waals surface area contributed by atoms with E-state index in [0.29, 0.717) is 12.8 Å². The highest BCUT2D eigenvalue weighted by molar-refractivity contribution is 5.82. The quantitative estimate of drug-likeness (QED) is 0.818. The Bertz CT molecular complexity index is 692. The number of aromatic nitrogens is 2. The van der Waals surface area contributed by atoms with Crippen LogP contribution in [0.2, 0.25) is 0 Å². The number of hydrogen-bond acceptors (Lipinski definition) is 5. The number of aromatic amines is 1. The van der Waals surface area contributed by atoms with Gasteiger partial charge in [0.15, 0.2) is 12.1 Å². The third kappa shape index (κ3) is 3.17. The lowest BCUT2D eigenvalue weighted by molar-refractivity contribution is 0.112. The minimum Gasteiger partial charge on any atom is -0.497 e. The highest BCUT2D eigenvalue weighted by Gasteiger charge is 2.13. The molecule has 21 heavy (non-hydrogen) atoms. The molecular formula is C15H15N3O3. The molecule has 0 fully saturated rings. The molecule has 0 bridgehead atoms. The molecule has 1 heterocycles. The molecule has 0 atom stereocenters. The summed E-state index contributed by atoms with van der Waals surface area (Å²) in [5.74, 6) is 1.03. The van der Waals surface area contributed by atoms with Gasteiger partial charge in [0, 0.05) is 6.54 Å². The highest BCUT2D eigenvalue weighted by Crippen LogP contribution is 2.18. The van der Waals surface area contributed by atoms with Crippen molar-refractivity contribution < 1.29 is 9.53 Å².